The number of piperidine rings is 1. The molecular weight excluding hydrogens is 901 g/mol. The Morgan fingerprint density at radius 1 is 0.871 bits per heavy atom. The fraction of sp³-hybridized carbons (Fsp3) is 0.759. The summed E-state index contributed by atoms with van der Waals surface area (Å²) in [5.74, 6) is -7.50. The highest BCUT2D eigenvalue weighted by Crippen LogP contribution is 2.38. The average Bonchev–Trinajstić information content (AvgIpc) is 3.33. The van der Waals surface area contributed by atoms with Gasteiger partial charge in [0, 0.05) is 65.0 Å². The highest BCUT2D eigenvalue weighted by Gasteiger charge is 2.53. The van der Waals surface area contributed by atoms with E-state index in [1.165, 1.54) is 12.0 Å². The van der Waals surface area contributed by atoms with Crippen LogP contribution < -0.4 is 5.32 Å². The second-order valence-electron chi connectivity index (χ2n) is 20.7. The minimum absolute atomic E-state index is 0.00914. The zero-order valence-electron chi connectivity index (χ0n) is 43.8. The van der Waals surface area contributed by atoms with Gasteiger partial charge in [-0.3, -0.25) is 14.4 Å². The van der Waals surface area contributed by atoms with E-state index in [1.54, 1.807) is 41.1 Å². The zero-order valence-corrected chi connectivity index (χ0v) is 43.8. The molecule has 70 heavy (non-hydrogen) atoms. The maximum absolute atomic E-state index is 14.5. The fourth-order valence-corrected chi connectivity index (χ4v) is 10.7. The van der Waals surface area contributed by atoms with E-state index in [2.05, 4.69) is 5.32 Å². The van der Waals surface area contributed by atoms with Gasteiger partial charge in [-0.25, -0.2) is 9.59 Å². The summed E-state index contributed by atoms with van der Waals surface area (Å²) in [6.45, 7) is 15.2. The molecule has 4 aliphatic rings. The minimum atomic E-state index is -2.43. The van der Waals surface area contributed by atoms with Crippen LogP contribution >= 0.6 is 0 Å². The molecule has 0 spiro atoms. The third-order valence-corrected chi connectivity index (χ3v) is 15.2. The van der Waals surface area contributed by atoms with E-state index in [0.717, 1.165) is 5.57 Å². The third kappa shape index (κ3) is 15.9. The molecule has 0 aromatic rings. The summed E-state index contributed by atoms with van der Waals surface area (Å²) in [6, 6.07) is -1.14. The fourth-order valence-electron chi connectivity index (χ4n) is 10.7. The number of fused-ring (bicyclic) bond motifs is 3. The Bertz CT molecular complexity index is 1870. The van der Waals surface area contributed by atoms with Crippen molar-refractivity contribution in [3.8, 4) is 0 Å². The summed E-state index contributed by atoms with van der Waals surface area (Å²) >= 11 is 0. The topological polar surface area (TPSA) is 217 Å². The van der Waals surface area contributed by atoms with E-state index in [-0.39, 0.29) is 49.0 Å². The maximum atomic E-state index is 14.5. The van der Waals surface area contributed by atoms with Gasteiger partial charge in [-0.2, -0.15) is 0 Å². The summed E-state index contributed by atoms with van der Waals surface area (Å²) in [4.78, 5) is 70.4. The van der Waals surface area contributed by atoms with Crippen LogP contribution in [-0.4, -0.2) is 145 Å². The number of allylic oxidation sites excluding steroid dienone is 5. The molecule has 16 nitrogen and oxygen atoms in total. The first-order valence-corrected chi connectivity index (χ1v) is 25.8. The molecule has 3 aliphatic heterocycles. The predicted octanol–water partition coefficient (Wildman–Crippen LogP) is 6.73. The largest absolute Gasteiger partial charge is 0.460 e. The molecule has 0 radical (unpaired) electrons. The van der Waals surface area contributed by atoms with Gasteiger partial charge in [0.25, 0.3) is 11.7 Å². The number of methoxy groups -OCH3 is 3. The number of ether oxygens (including phenoxy) is 6. The quantitative estimate of drug-likeness (QED) is 0.113. The molecule has 0 aromatic carbocycles. The number of hydrogen-bond acceptors (Lipinski definition) is 14. The van der Waals surface area contributed by atoms with Crippen LogP contribution in [0.5, 0.6) is 0 Å². The van der Waals surface area contributed by atoms with Gasteiger partial charge in [0.05, 0.1) is 24.4 Å². The molecule has 2 saturated heterocycles. The minimum Gasteiger partial charge on any atom is -0.460 e. The van der Waals surface area contributed by atoms with E-state index < -0.39 is 96.1 Å². The number of amides is 2. The summed E-state index contributed by atoms with van der Waals surface area (Å²) in [5.41, 5.74) is 1.31. The van der Waals surface area contributed by atoms with E-state index in [0.29, 0.717) is 76.3 Å². The van der Waals surface area contributed by atoms with Crippen LogP contribution in [0.1, 0.15) is 132 Å². The van der Waals surface area contributed by atoms with Crippen LogP contribution in [0.15, 0.2) is 47.6 Å². The summed E-state index contributed by atoms with van der Waals surface area (Å²) in [7, 11) is 4.55. The normalized spacial score (nSPS) is 39.3. The molecule has 2 amide bonds. The number of aliphatic hydroxyl groups is 3. The number of carbonyl (C=O) groups excluding carboxylic acids is 5. The standard InChI is InChI=1S/C54H86N2O14/c1-12-55-53(63)69-43-24-22-39(29-46(43)66-10)28-35(5)45-31-42(57)34(4)27-37(7)48(59)49(67-11)47(58)36(6)26-32(2)18-14-13-15-19-33(3)44(65-9)30-40-23-21-38(8)54(64,70-40)50(60)51(61)56-25-17-16-20-41(56)52(62)68-45/h13-15,18-19,27,32,34-36,38-46,48-49,57,59,64H,12,16-17,20-26,28-31H2,1-11H3,(H,55,63)/b15-13+,18-14+,33-19+,37-27+/t32-,34-,35-,36-,38-,39+,40+,41+,42-,43-,44+,45+,46-,48-,49+,54-/m1/s1. The van der Waals surface area contributed by atoms with Gasteiger partial charge in [-0.15, -0.1) is 0 Å². The van der Waals surface area contributed by atoms with E-state index in [4.69, 9.17) is 28.4 Å². The second kappa shape index (κ2) is 27.9. The number of cyclic esters (lactones) is 1. The predicted molar refractivity (Wildman–Crippen MR) is 264 cm³/mol. The highest BCUT2D eigenvalue weighted by molar-refractivity contribution is 6.39. The summed E-state index contributed by atoms with van der Waals surface area (Å²) < 4.78 is 35.5. The third-order valence-electron chi connectivity index (χ3n) is 15.2. The molecule has 16 atom stereocenters. The van der Waals surface area contributed by atoms with E-state index in [9.17, 15) is 39.3 Å². The molecular formula is C54H86N2O14. The van der Waals surface area contributed by atoms with Gasteiger partial charge >= 0.3 is 12.1 Å². The van der Waals surface area contributed by atoms with Crippen molar-refractivity contribution < 1.29 is 67.7 Å². The van der Waals surface area contributed by atoms with Gasteiger partial charge in [0.1, 0.15) is 30.5 Å². The van der Waals surface area contributed by atoms with Crippen LogP contribution in [0.4, 0.5) is 4.79 Å². The van der Waals surface area contributed by atoms with Gasteiger partial charge in [0.15, 0.2) is 5.78 Å². The Kier molecular flexibility index (Phi) is 23.4. The number of alkyl carbamates (subject to hydrolysis) is 1. The Balaban J connectivity index is 1.69. The SMILES string of the molecule is CCNC(=O)O[C@@H]1CC[C@@H](C[C@@H](C)[C@@H]2C[C@@H](O)[C@H](C)/C=C(\C)[C@@H](O)[C@@H](OC)C(=O)[C@H](C)C[C@H](C)/C=C/C=C/C=C(\C)[C@@H](OC)C[C@@H]3CC[C@@H](C)[C@@](O)(O3)C(=O)C(=O)N3CCCC[C@H]3C(=O)O2)C[C@H]1OC. The Morgan fingerprint density at radius 3 is 2.27 bits per heavy atom. The lowest BCUT2D eigenvalue weighted by atomic mass is 9.78. The first kappa shape index (κ1) is 58.8. The molecule has 0 aromatic heterocycles. The molecule has 3 fully saturated rings. The number of ketones is 2. The molecule has 4 N–H and O–H groups in total. The van der Waals surface area contributed by atoms with Gasteiger partial charge in [-0.05, 0) is 114 Å². The van der Waals surface area contributed by atoms with Crippen molar-refractivity contribution in [1.29, 1.82) is 0 Å². The van der Waals surface area contributed by atoms with Gasteiger partial charge in [0.2, 0.25) is 5.79 Å². The van der Waals surface area contributed by atoms with Crippen molar-refractivity contribution >= 4 is 29.5 Å². The van der Waals surface area contributed by atoms with E-state index >= 15 is 0 Å². The monoisotopic (exact) mass is 987 g/mol. The molecule has 396 valence electrons. The molecule has 3 heterocycles. The number of Topliss-reactive ketones (excluding diaryl/α,β-unsaturated/α-hetero) is 2. The van der Waals surface area contributed by atoms with Crippen molar-refractivity contribution in [3.05, 3.63) is 47.6 Å². The number of carbonyl (C=O) groups is 5. The van der Waals surface area contributed by atoms with Crippen molar-refractivity contribution in [2.45, 2.75) is 193 Å². The molecule has 4 rings (SSSR count). The number of nitrogens with zero attached hydrogens (tertiary/aromatic N) is 1. The first-order valence-electron chi connectivity index (χ1n) is 25.8. The number of hydrogen-bond donors (Lipinski definition) is 4. The molecule has 2 bridgehead atoms. The van der Waals surface area contributed by atoms with Gasteiger partial charge in [-0.1, -0.05) is 71.1 Å². The van der Waals surface area contributed by atoms with E-state index in [1.807, 2.05) is 65.0 Å². The Labute approximate surface area is 416 Å². The van der Waals surface area contributed by atoms with Crippen LogP contribution in [0.3, 0.4) is 0 Å². The Hall–Kier alpha value is -3.77. The van der Waals surface area contributed by atoms with Crippen LogP contribution in [0.25, 0.3) is 0 Å². The highest BCUT2D eigenvalue weighted by atomic mass is 16.6. The average molecular weight is 987 g/mol. The smallest absolute Gasteiger partial charge is 0.407 e. The van der Waals surface area contributed by atoms with Crippen LogP contribution in [-0.2, 0) is 47.6 Å². The molecule has 0 unspecified atom stereocenters. The lowest BCUT2D eigenvalue weighted by Gasteiger charge is -2.43. The zero-order chi connectivity index (χ0) is 51.9. The maximum Gasteiger partial charge on any atom is 0.407 e. The number of nitrogens with one attached hydrogen (secondary N) is 1. The molecule has 16 heteroatoms. The van der Waals surface area contributed by atoms with Crippen LogP contribution in [0, 0.1) is 35.5 Å². The molecule has 1 saturated carbocycles. The summed E-state index contributed by atoms with van der Waals surface area (Å²) in [6.07, 6.45) is 10.1. The van der Waals surface area contributed by atoms with Crippen molar-refractivity contribution in [2.75, 3.05) is 34.4 Å². The lowest BCUT2D eigenvalue weighted by molar-refractivity contribution is -0.265. The number of esters is 1. The van der Waals surface area contributed by atoms with Gasteiger partial charge < -0.3 is 54.0 Å². The summed E-state index contributed by atoms with van der Waals surface area (Å²) in [5, 5.41) is 38.1. The Morgan fingerprint density at radius 2 is 1.60 bits per heavy atom. The number of rotatable bonds is 8. The number of aliphatic hydroxyl groups excluding tert-OH is 2. The molecule has 1 aliphatic carbocycles. The van der Waals surface area contributed by atoms with Crippen molar-refractivity contribution in [3.63, 3.8) is 0 Å². The first-order chi connectivity index (χ1) is 33.2. The second-order valence-corrected chi connectivity index (χ2v) is 20.7. The van der Waals surface area contributed by atoms with Crippen LogP contribution in [0.2, 0.25) is 0 Å². The van der Waals surface area contributed by atoms with Crippen molar-refractivity contribution in [2.24, 2.45) is 35.5 Å². The lowest BCUT2D eigenvalue weighted by Crippen LogP contribution is -2.61. The van der Waals surface area contributed by atoms with Crippen molar-refractivity contribution in [1.82, 2.24) is 10.2 Å².